The maximum Gasteiger partial charge on any atom is 0.251 e. The largest absolute Gasteiger partial charge is 0.352 e. The summed E-state index contributed by atoms with van der Waals surface area (Å²) in [7, 11) is 0. The van der Waals surface area contributed by atoms with Gasteiger partial charge in [-0.15, -0.1) is 0 Å². The molecule has 3 rings (SSSR count). The molecule has 0 spiro atoms. The number of benzene rings is 2. The van der Waals surface area contributed by atoms with Gasteiger partial charge in [0, 0.05) is 24.2 Å². The van der Waals surface area contributed by atoms with Crippen molar-refractivity contribution >= 4 is 11.8 Å². The fraction of sp³-hybridized carbons (Fsp3) is 0.533. The summed E-state index contributed by atoms with van der Waals surface area (Å²) in [4.78, 5) is 25.2. The molecule has 0 bridgehead atoms. The van der Waals surface area contributed by atoms with Crippen molar-refractivity contribution in [1.29, 1.82) is 0 Å². The normalized spacial score (nSPS) is 18.9. The predicted octanol–water partition coefficient (Wildman–Crippen LogP) is 6.25. The van der Waals surface area contributed by atoms with Gasteiger partial charge in [0.05, 0.1) is 0 Å². The first-order valence-electron chi connectivity index (χ1n) is 12.7. The molecule has 2 atom stereocenters. The molecule has 2 aromatic carbocycles. The second-order valence-corrected chi connectivity index (χ2v) is 12.0. The van der Waals surface area contributed by atoms with Crippen molar-refractivity contribution in [2.45, 2.75) is 78.1 Å². The summed E-state index contributed by atoms with van der Waals surface area (Å²) in [5.74, 6) is 0.906. The standard InChI is InChI=1S/C30H42N2O2/c1-29(2,3)25-14-10-23(11-15-25)27(33)31-19-21-8-7-9-22(18-21)20-32-28(34)24-12-16-26(17-13-24)30(4,5)6/h10-17,21-22H,7-9,18-20H2,1-6H3,(H,31,33)(H,32,34)/t21-,22+. The van der Waals surface area contributed by atoms with Crippen LogP contribution >= 0.6 is 0 Å². The van der Waals surface area contributed by atoms with Crippen molar-refractivity contribution in [2.24, 2.45) is 11.8 Å². The zero-order chi connectivity index (χ0) is 24.9. The van der Waals surface area contributed by atoms with Crippen molar-refractivity contribution in [2.75, 3.05) is 13.1 Å². The van der Waals surface area contributed by atoms with E-state index in [0.29, 0.717) is 36.1 Å². The van der Waals surface area contributed by atoms with E-state index in [-0.39, 0.29) is 22.6 Å². The second-order valence-electron chi connectivity index (χ2n) is 12.0. The Morgan fingerprint density at radius 1 is 0.676 bits per heavy atom. The minimum absolute atomic E-state index is 0.00501. The smallest absolute Gasteiger partial charge is 0.251 e. The van der Waals surface area contributed by atoms with Gasteiger partial charge >= 0.3 is 0 Å². The molecule has 2 N–H and O–H groups in total. The Balaban J connectivity index is 1.45. The number of amides is 2. The summed E-state index contributed by atoms with van der Waals surface area (Å²) >= 11 is 0. The Hall–Kier alpha value is -2.62. The van der Waals surface area contributed by atoms with Crippen LogP contribution in [0.4, 0.5) is 0 Å². The van der Waals surface area contributed by atoms with Crippen molar-refractivity contribution in [1.82, 2.24) is 10.6 Å². The van der Waals surface area contributed by atoms with Crippen LogP contribution in [0.3, 0.4) is 0 Å². The van der Waals surface area contributed by atoms with Crippen molar-refractivity contribution < 1.29 is 9.59 Å². The summed E-state index contributed by atoms with van der Waals surface area (Å²) in [6.45, 7) is 14.4. The van der Waals surface area contributed by atoms with E-state index < -0.39 is 0 Å². The number of nitrogens with one attached hydrogen (secondary N) is 2. The summed E-state index contributed by atoms with van der Waals surface area (Å²) < 4.78 is 0. The lowest BCUT2D eigenvalue weighted by Gasteiger charge is -2.29. The molecule has 0 heterocycles. The van der Waals surface area contributed by atoms with Crippen LogP contribution in [0.5, 0.6) is 0 Å². The van der Waals surface area contributed by atoms with Gasteiger partial charge in [0.2, 0.25) is 0 Å². The lowest BCUT2D eigenvalue weighted by Crippen LogP contribution is -2.35. The third kappa shape index (κ3) is 7.19. The summed E-state index contributed by atoms with van der Waals surface area (Å²) in [5.41, 5.74) is 4.04. The van der Waals surface area contributed by atoms with Gasteiger partial charge in [-0.3, -0.25) is 9.59 Å². The first-order valence-corrected chi connectivity index (χ1v) is 12.7. The minimum Gasteiger partial charge on any atom is -0.352 e. The molecule has 0 saturated heterocycles. The zero-order valence-corrected chi connectivity index (χ0v) is 21.8. The molecular formula is C30H42N2O2. The van der Waals surface area contributed by atoms with E-state index in [0.717, 1.165) is 25.7 Å². The fourth-order valence-electron chi connectivity index (χ4n) is 4.69. The van der Waals surface area contributed by atoms with Crippen LogP contribution in [0.25, 0.3) is 0 Å². The first kappa shape index (κ1) is 26.0. The van der Waals surface area contributed by atoms with Gasteiger partial charge in [0.1, 0.15) is 0 Å². The fourth-order valence-corrected chi connectivity index (χ4v) is 4.69. The number of rotatable bonds is 6. The van der Waals surface area contributed by atoms with E-state index in [9.17, 15) is 9.59 Å². The molecule has 2 amide bonds. The van der Waals surface area contributed by atoms with Gasteiger partial charge in [-0.1, -0.05) is 72.2 Å². The number of carbonyl (C=O) groups excluding carboxylic acids is 2. The number of carbonyl (C=O) groups is 2. The molecule has 34 heavy (non-hydrogen) atoms. The molecular weight excluding hydrogens is 420 g/mol. The quantitative estimate of drug-likeness (QED) is 0.533. The van der Waals surface area contributed by atoms with E-state index in [2.05, 4.69) is 52.2 Å². The van der Waals surface area contributed by atoms with Crippen LogP contribution in [0.2, 0.25) is 0 Å². The van der Waals surface area contributed by atoms with Gasteiger partial charge in [0.15, 0.2) is 0 Å². The van der Waals surface area contributed by atoms with Crippen LogP contribution in [-0.2, 0) is 10.8 Å². The van der Waals surface area contributed by atoms with Crippen molar-refractivity contribution in [3.05, 3.63) is 70.8 Å². The van der Waals surface area contributed by atoms with E-state index in [4.69, 9.17) is 0 Å². The van der Waals surface area contributed by atoms with Crippen LogP contribution in [-0.4, -0.2) is 24.9 Å². The maximum absolute atomic E-state index is 12.6. The summed E-state index contributed by atoms with van der Waals surface area (Å²) in [6, 6.07) is 15.9. The Bertz CT molecular complexity index is 883. The lowest BCUT2D eigenvalue weighted by molar-refractivity contribution is 0.0935. The molecule has 0 unspecified atom stereocenters. The molecule has 0 aromatic heterocycles. The second kappa shape index (κ2) is 10.8. The Kier molecular flexibility index (Phi) is 8.22. The predicted molar refractivity (Wildman–Crippen MR) is 140 cm³/mol. The monoisotopic (exact) mass is 462 g/mol. The molecule has 4 nitrogen and oxygen atoms in total. The lowest BCUT2D eigenvalue weighted by atomic mass is 9.81. The highest BCUT2D eigenvalue weighted by Crippen LogP contribution is 2.29. The minimum atomic E-state index is -0.00501. The molecule has 1 aliphatic rings. The Labute approximate surface area is 205 Å². The zero-order valence-electron chi connectivity index (χ0n) is 21.8. The molecule has 2 aromatic rings. The summed E-state index contributed by atoms with van der Waals surface area (Å²) in [6.07, 6.45) is 4.43. The molecule has 1 aliphatic carbocycles. The first-order chi connectivity index (χ1) is 15.9. The summed E-state index contributed by atoms with van der Waals surface area (Å²) in [5, 5.41) is 6.26. The van der Waals surface area contributed by atoms with Crippen molar-refractivity contribution in [3.63, 3.8) is 0 Å². The molecule has 1 saturated carbocycles. The molecule has 0 radical (unpaired) electrons. The van der Waals surface area contributed by atoms with Crippen LogP contribution in [0.15, 0.2) is 48.5 Å². The van der Waals surface area contributed by atoms with Crippen LogP contribution < -0.4 is 10.6 Å². The molecule has 0 aliphatic heterocycles. The highest BCUT2D eigenvalue weighted by atomic mass is 16.2. The average molecular weight is 463 g/mol. The van der Waals surface area contributed by atoms with Gasteiger partial charge in [-0.25, -0.2) is 0 Å². The molecule has 1 fully saturated rings. The average Bonchev–Trinajstić information content (AvgIpc) is 2.80. The Morgan fingerprint density at radius 3 is 1.35 bits per heavy atom. The van der Waals surface area contributed by atoms with Crippen LogP contribution in [0.1, 0.15) is 99.1 Å². The number of hydrogen-bond donors (Lipinski definition) is 2. The maximum atomic E-state index is 12.6. The third-order valence-corrected chi connectivity index (χ3v) is 7.02. The molecule has 184 valence electrons. The highest BCUT2D eigenvalue weighted by Gasteiger charge is 2.23. The SMILES string of the molecule is CC(C)(C)c1ccc(C(=O)NC[C@H]2CCC[C@@H](CNC(=O)c3ccc(C(C)(C)C)cc3)C2)cc1. The van der Waals surface area contributed by atoms with Crippen molar-refractivity contribution in [3.8, 4) is 0 Å². The van der Waals surface area contributed by atoms with E-state index in [1.165, 1.54) is 11.1 Å². The Morgan fingerprint density at radius 2 is 1.03 bits per heavy atom. The van der Waals surface area contributed by atoms with Gasteiger partial charge < -0.3 is 10.6 Å². The van der Waals surface area contributed by atoms with E-state index >= 15 is 0 Å². The molecule has 4 heteroatoms. The van der Waals surface area contributed by atoms with Crippen LogP contribution in [0, 0.1) is 11.8 Å². The van der Waals surface area contributed by atoms with Gasteiger partial charge in [0.25, 0.3) is 11.8 Å². The van der Waals surface area contributed by atoms with Gasteiger partial charge in [-0.2, -0.15) is 0 Å². The topological polar surface area (TPSA) is 58.2 Å². The number of hydrogen-bond acceptors (Lipinski definition) is 2. The van der Waals surface area contributed by atoms with Gasteiger partial charge in [-0.05, 0) is 77.3 Å². The van der Waals surface area contributed by atoms with E-state index in [1.54, 1.807) is 0 Å². The third-order valence-electron chi connectivity index (χ3n) is 7.02. The van der Waals surface area contributed by atoms with E-state index in [1.807, 2.05) is 48.5 Å². The highest BCUT2D eigenvalue weighted by molar-refractivity contribution is 5.94.